The van der Waals surface area contributed by atoms with E-state index < -0.39 is 0 Å². The van der Waals surface area contributed by atoms with Crippen molar-refractivity contribution in [1.82, 2.24) is 14.9 Å². The van der Waals surface area contributed by atoms with Crippen molar-refractivity contribution in [3.63, 3.8) is 0 Å². The Morgan fingerprint density at radius 2 is 2.08 bits per heavy atom. The Bertz CT molecular complexity index is 889. The van der Waals surface area contributed by atoms with Crippen LogP contribution in [0.1, 0.15) is 23.5 Å². The van der Waals surface area contributed by atoms with Gasteiger partial charge in [-0.2, -0.15) is 0 Å². The Morgan fingerprint density at radius 1 is 1.33 bits per heavy atom. The van der Waals surface area contributed by atoms with Crippen LogP contribution in [0.5, 0.6) is 0 Å². The summed E-state index contributed by atoms with van der Waals surface area (Å²) in [5, 5.41) is 19.6. The minimum atomic E-state index is -0.389. The number of rotatable bonds is 5. The van der Waals surface area contributed by atoms with Gasteiger partial charge in [0.25, 0.3) is 5.69 Å². The minimum Gasteiger partial charge on any atom is -0.469 e. The third-order valence-corrected chi connectivity index (χ3v) is 4.71. The first-order valence-electron chi connectivity index (χ1n) is 7.14. The second-order valence-corrected chi connectivity index (χ2v) is 6.45. The molecule has 124 valence electrons. The molecular formula is C15H15N5O3S. The number of nitro benzene ring substituents is 1. The Kier molecular flexibility index (Phi) is 4.26. The summed E-state index contributed by atoms with van der Waals surface area (Å²) in [6, 6.07) is 8.40. The summed E-state index contributed by atoms with van der Waals surface area (Å²) in [6.07, 6.45) is 1.56. The van der Waals surface area contributed by atoms with Gasteiger partial charge in [0.1, 0.15) is 5.76 Å². The van der Waals surface area contributed by atoms with Crippen LogP contribution in [-0.2, 0) is 0 Å². The summed E-state index contributed by atoms with van der Waals surface area (Å²) in [7, 11) is 0. The zero-order chi connectivity index (χ0) is 17.3. The molecule has 0 fully saturated rings. The fourth-order valence-electron chi connectivity index (χ4n) is 2.38. The molecule has 0 saturated heterocycles. The van der Waals surface area contributed by atoms with Gasteiger partial charge in [-0.15, -0.1) is 10.2 Å². The highest BCUT2D eigenvalue weighted by Crippen LogP contribution is 2.38. The molecule has 0 aliphatic heterocycles. The number of aromatic nitrogens is 3. The zero-order valence-electron chi connectivity index (χ0n) is 13.0. The van der Waals surface area contributed by atoms with Crippen molar-refractivity contribution in [2.75, 3.05) is 5.84 Å². The Labute approximate surface area is 141 Å². The maximum Gasteiger partial charge on any atom is 0.273 e. The highest BCUT2D eigenvalue weighted by molar-refractivity contribution is 7.99. The van der Waals surface area contributed by atoms with Crippen LogP contribution >= 0.6 is 11.8 Å². The number of benzene rings is 1. The summed E-state index contributed by atoms with van der Waals surface area (Å²) < 4.78 is 6.63. The quantitative estimate of drug-likeness (QED) is 0.326. The van der Waals surface area contributed by atoms with E-state index in [-0.39, 0.29) is 15.9 Å². The molecule has 0 saturated carbocycles. The second kappa shape index (κ2) is 6.36. The molecule has 0 aliphatic rings. The summed E-state index contributed by atoms with van der Waals surface area (Å²) in [5.41, 5.74) is 1.44. The van der Waals surface area contributed by atoms with Crippen molar-refractivity contribution in [2.24, 2.45) is 0 Å². The molecule has 3 rings (SSSR count). The molecule has 0 bridgehead atoms. The van der Waals surface area contributed by atoms with Gasteiger partial charge < -0.3 is 10.3 Å². The Balaban J connectivity index is 1.89. The van der Waals surface area contributed by atoms with Gasteiger partial charge in [-0.3, -0.25) is 10.1 Å². The molecule has 24 heavy (non-hydrogen) atoms. The van der Waals surface area contributed by atoms with Crippen LogP contribution in [0.4, 0.5) is 5.69 Å². The lowest BCUT2D eigenvalue weighted by molar-refractivity contribution is -0.385. The van der Waals surface area contributed by atoms with Gasteiger partial charge in [0.15, 0.2) is 5.82 Å². The molecule has 1 atom stereocenters. The van der Waals surface area contributed by atoms with E-state index in [1.807, 2.05) is 13.8 Å². The first-order chi connectivity index (χ1) is 11.5. The first-order valence-corrected chi connectivity index (χ1v) is 8.02. The SMILES string of the molecule is Cc1occc1-c1nnc(S[C@@H](C)c2ccccc2[N+](=O)[O-])n1N. The summed E-state index contributed by atoms with van der Waals surface area (Å²) in [4.78, 5) is 10.8. The molecule has 2 N–H and O–H groups in total. The average Bonchev–Trinajstić information content (AvgIpc) is 3.13. The number of aryl methyl sites for hydroxylation is 1. The van der Waals surface area contributed by atoms with E-state index in [0.29, 0.717) is 22.3 Å². The van der Waals surface area contributed by atoms with Crippen LogP contribution in [0, 0.1) is 17.0 Å². The number of hydrogen-bond acceptors (Lipinski definition) is 7. The predicted octanol–water partition coefficient (Wildman–Crippen LogP) is 3.32. The van der Waals surface area contributed by atoms with Crippen molar-refractivity contribution < 1.29 is 9.34 Å². The maximum atomic E-state index is 11.2. The van der Waals surface area contributed by atoms with Crippen LogP contribution in [0.25, 0.3) is 11.4 Å². The molecule has 8 nitrogen and oxygen atoms in total. The van der Waals surface area contributed by atoms with Crippen molar-refractivity contribution in [1.29, 1.82) is 0 Å². The van der Waals surface area contributed by atoms with Gasteiger partial charge in [0.05, 0.1) is 16.7 Å². The molecule has 0 aliphatic carbocycles. The smallest absolute Gasteiger partial charge is 0.273 e. The maximum absolute atomic E-state index is 11.2. The number of thioether (sulfide) groups is 1. The monoisotopic (exact) mass is 345 g/mol. The molecule has 2 aromatic heterocycles. The summed E-state index contributed by atoms with van der Waals surface area (Å²) >= 11 is 1.31. The van der Waals surface area contributed by atoms with E-state index in [9.17, 15) is 10.1 Å². The van der Waals surface area contributed by atoms with Crippen LogP contribution in [0.3, 0.4) is 0 Å². The van der Waals surface area contributed by atoms with Crippen molar-refractivity contribution >= 4 is 17.4 Å². The van der Waals surface area contributed by atoms with Gasteiger partial charge in [-0.05, 0) is 19.9 Å². The van der Waals surface area contributed by atoms with Crippen molar-refractivity contribution in [3.05, 3.63) is 58.0 Å². The number of para-hydroxylation sites is 1. The van der Waals surface area contributed by atoms with E-state index in [0.717, 1.165) is 5.56 Å². The number of nitrogens with two attached hydrogens (primary N) is 1. The van der Waals surface area contributed by atoms with E-state index >= 15 is 0 Å². The number of nitrogens with zero attached hydrogens (tertiary/aromatic N) is 4. The van der Waals surface area contributed by atoms with Crippen LogP contribution in [0.2, 0.25) is 0 Å². The normalized spacial score (nSPS) is 12.2. The van der Waals surface area contributed by atoms with Gasteiger partial charge >= 0.3 is 0 Å². The molecule has 3 aromatic rings. The molecule has 1 aromatic carbocycles. The number of hydrogen-bond donors (Lipinski definition) is 1. The molecule has 2 heterocycles. The summed E-state index contributed by atoms with van der Waals surface area (Å²) in [6.45, 7) is 3.68. The standard InChI is InChI=1S/C15H15N5O3S/c1-9-11(7-8-23-9)14-17-18-15(19(14)16)24-10(2)12-5-3-4-6-13(12)20(21)22/h3-8,10H,16H2,1-2H3/t10-/m0/s1. The molecule has 0 unspecified atom stereocenters. The molecule has 0 amide bonds. The largest absolute Gasteiger partial charge is 0.469 e. The van der Waals surface area contributed by atoms with Gasteiger partial charge in [0, 0.05) is 16.9 Å². The predicted molar refractivity (Wildman–Crippen MR) is 90.0 cm³/mol. The third kappa shape index (κ3) is 2.85. The van der Waals surface area contributed by atoms with Crippen molar-refractivity contribution in [3.8, 4) is 11.4 Å². The number of furan rings is 1. The molecule has 0 spiro atoms. The van der Waals surface area contributed by atoms with Crippen LogP contribution in [-0.4, -0.2) is 19.8 Å². The highest BCUT2D eigenvalue weighted by Gasteiger charge is 2.22. The average molecular weight is 345 g/mol. The molecule has 0 radical (unpaired) electrons. The van der Waals surface area contributed by atoms with E-state index in [1.54, 1.807) is 30.5 Å². The highest BCUT2D eigenvalue weighted by atomic mass is 32.2. The zero-order valence-corrected chi connectivity index (χ0v) is 13.9. The van der Waals surface area contributed by atoms with E-state index in [4.69, 9.17) is 10.3 Å². The fraction of sp³-hybridized carbons (Fsp3) is 0.200. The fourth-order valence-corrected chi connectivity index (χ4v) is 3.31. The Morgan fingerprint density at radius 3 is 2.75 bits per heavy atom. The third-order valence-electron chi connectivity index (χ3n) is 3.62. The van der Waals surface area contributed by atoms with Gasteiger partial charge in [-0.25, -0.2) is 4.68 Å². The lowest BCUT2D eigenvalue weighted by atomic mass is 10.1. The number of nitro groups is 1. The van der Waals surface area contributed by atoms with Crippen molar-refractivity contribution in [2.45, 2.75) is 24.3 Å². The van der Waals surface area contributed by atoms with E-state index in [1.165, 1.54) is 22.5 Å². The lowest BCUT2D eigenvalue weighted by Crippen LogP contribution is -2.12. The number of nitrogen functional groups attached to an aromatic ring is 1. The van der Waals surface area contributed by atoms with Gasteiger partial charge in [0.2, 0.25) is 5.16 Å². The first kappa shape index (κ1) is 16.1. The lowest BCUT2D eigenvalue weighted by Gasteiger charge is -2.11. The second-order valence-electron chi connectivity index (χ2n) is 5.14. The summed E-state index contributed by atoms with van der Waals surface area (Å²) in [5.74, 6) is 7.26. The topological polar surface area (TPSA) is 113 Å². The van der Waals surface area contributed by atoms with Crippen LogP contribution in [0.15, 0.2) is 46.2 Å². The van der Waals surface area contributed by atoms with E-state index in [2.05, 4.69) is 10.2 Å². The van der Waals surface area contributed by atoms with Gasteiger partial charge in [-0.1, -0.05) is 30.0 Å². The Hall–Kier alpha value is -2.81. The molecule has 9 heteroatoms. The minimum absolute atomic E-state index is 0.0755. The van der Waals surface area contributed by atoms with Crippen LogP contribution < -0.4 is 5.84 Å². The molecular weight excluding hydrogens is 330 g/mol.